The highest BCUT2D eigenvalue weighted by Gasteiger charge is 1.95. The predicted molar refractivity (Wildman–Crippen MR) is 66.2 cm³/mol. The lowest BCUT2D eigenvalue weighted by Crippen LogP contribution is -2.22. The van der Waals surface area contributed by atoms with Crippen molar-refractivity contribution in [1.29, 1.82) is 0 Å². The maximum atomic E-state index is 8.70. The van der Waals surface area contributed by atoms with Gasteiger partial charge in [-0.25, -0.2) is 0 Å². The van der Waals surface area contributed by atoms with Crippen molar-refractivity contribution in [3.63, 3.8) is 0 Å². The molecule has 5 nitrogen and oxygen atoms in total. The van der Waals surface area contributed by atoms with Gasteiger partial charge in [0.15, 0.2) is 0 Å². The van der Waals surface area contributed by atoms with Gasteiger partial charge in [-0.1, -0.05) is 26.3 Å². The van der Waals surface area contributed by atoms with Crippen molar-refractivity contribution in [2.45, 2.75) is 0 Å². The fourth-order valence-corrected chi connectivity index (χ4v) is 0.745. The van der Waals surface area contributed by atoms with Gasteiger partial charge < -0.3 is 9.80 Å². The highest BCUT2D eigenvalue weighted by Crippen LogP contribution is 1.98. The summed E-state index contributed by atoms with van der Waals surface area (Å²) >= 11 is 0. The lowest BCUT2D eigenvalue weighted by Gasteiger charge is -2.19. The summed E-state index contributed by atoms with van der Waals surface area (Å²) in [6.45, 7) is 16.3. The summed E-state index contributed by atoms with van der Waals surface area (Å²) in [6.07, 6.45) is 6.93. The second-order valence-corrected chi connectivity index (χ2v) is 2.96. The zero-order chi connectivity index (χ0) is 13.0. The molecule has 0 rings (SSSR count). The predicted octanol–water partition coefficient (Wildman–Crippen LogP) is 1.79. The number of hydrogen-bond donors (Lipinski definition) is 2. The Balaban J connectivity index is 0. The zero-order valence-electron chi connectivity index (χ0n) is 9.20. The first kappa shape index (κ1) is 17.0. The molecule has 0 aliphatic carbocycles. The highest BCUT2D eigenvalue weighted by molar-refractivity contribution is 7.30. The van der Waals surface area contributed by atoms with E-state index in [0.29, 0.717) is 0 Å². The lowest BCUT2D eigenvalue weighted by molar-refractivity contribution is 0.405. The van der Waals surface area contributed by atoms with E-state index in [4.69, 9.17) is 14.4 Å². The van der Waals surface area contributed by atoms with E-state index in [2.05, 4.69) is 26.3 Å². The first-order valence-electron chi connectivity index (χ1n) is 4.38. The topological polar surface area (TPSA) is 64.0 Å². The smallest absolute Gasteiger partial charge is 0.354 e. The van der Waals surface area contributed by atoms with Gasteiger partial charge >= 0.3 is 8.25 Å². The average Bonchev–Trinajstić information content (AvgIpc) is 2.24. The third-order valence-electron chi connectivity index (χ3n) is 1.55. The molecule has 0 spiro atoms. The Bertz CT molecular complexity index is 216. The Morgan fingerprint density at radius 1 is 0.875 bits per heavy atom. The largest absolute Gasteiger partial charge is 0.692 e. The average molecular weight is 245 g/mol. The fourth-order valence-electron chi connectivity index (χ4n) is 0.745. The Hall–Kier alpha value is -1.42. The molecule has 0 fully saturated rings. The van der Waals surface area contributed by atoms with E-state index in [-0.39, 0.29) is 0 Å². The van der Waals surface area contributed by atoms with Gasteiger partial charge in [-0.2, -0.15) is 0 Å². The number of hydrogen-bond acceptors (Lipinski definition) is 3. The molecule has 0 amide bonds. The number of rotatable bonds is 7. The van der Waals surface area contributed by atoms with Crippen molar-refractivity contribution in [3.8, 4) is 0 Å². The molecule has 0 atom stereocenters. The van der Waals surface area contributed by atoms with Crippen LogP contribution in [-0.4, -0.2) is 32.7 Å². The van der Waals surface area contributed by atoms with Crippen LogP contribution in [-0.2, 0) is 4.57 Å². The maximum Gasteiger partial charge on any atom is 0.692 e. The van der Waals surface area contributed by atoms with Crippen LogP contribution in [0.1, 0.15) is 0 Å². The van der Waals surface area contributed by atoms with Gasteiger partial charge in [-0.15, -0.1) is 9.79 Å². The minimum atomic E-state index is -2.87. The molecule has 0 aliphatic heterocycles. The van der Waals surface area contributed by atoms with Crippen LogP contribution in [0.4, 0.5) is 0 Å². The molecule has 0 aromatic rings. The van der Waals surface area contributed by atoms with Crippen LogP contribution in [0.2, 0.25) is 0 Å². The van der Waals surface area contributed by atoms with Gasteiger partial charge in [0.05, 0.1) is 0 Å². The van der Waals surface area contributed by atoms with Crippen molar-refractivity contribution in [2.24, 2.45) is 0 Å². The molecule has 0 saturated carbocycles. The summed E-state index contributed by atoms with van der Waals surface area (Å²) in [7, 11) is -2.87. The third kappa shape index (κ3) is 12.6. The Kier molecular flexibility index (Phi) is 12.4. The summed E-state index contributed by atoms with van der Waals surface area (Å²) in [5, 5.41) is 0. The van der Waals surface area contributed by atoms with Crippen LogP contribution in [0.3, 0.4) is 0 Å². The van der Waals surface area contributed by atoms with Gasteiger partial charge in [0.1, 0.15) is 0 Å². The van der Waals surface area contributed by atoms with E-state index in [9.17, 15) is 0 Å². The minimum absolute atomic E-state index is 0.838. The molecule has 0 aromatic carbocycles. The van der Waals surface area contributed by atoms with Crippen LogP contribution in [0, 0.1) is 0 Å². The molecule has 90 valence electrons. The molecular formula is C10H18N2O3P+. The molecule has 0 bridgehead atoms. The Morgan fingerprint density at radius 3 is 1.19 bits per heavy atom. The summed E-state index contributed by atoms with van der Waals surface area (Å²) in [5.41, 5.74) is 0. The Morgan fingerprint density at radius 2 is 1.06 bits per heavy atom. The van der Waals surface area contributed by atoms with Crippen molar-refractivity contribution < 1.29 is 14.4 Å². The molecule has 2 N–H and O–H groups in total. The van der Waals surface area contributed by atoms with Gasteiger partial charge in [0.2, 0.25) is 0 Å². The van der Waals surface area contributed by atoms with Crippen LogP contribution < -0.4 is 0 Å². The van der Waals surface area contributed by atoms with Crippen LogP contribution >= 0.6 is 8.25 Å². The van der Waals surface area contributed by atoms with E-state index < -0.39 is 8.25 Å². The van der Waals surface area contributed by atoms with E-state index >= 15 is 0 Å². The van der Waals surface area contributed by atoms with E-state index in [1.165, 1.54) is 0 Å². The van der Waals surface area contributed by atoms with Crippen molar-refractivity contribution >= 4 is 8.25 Å². The molecule has 0 aliphatic rings. The first-order valence-corrected chi connectivity index (χ1v) is 5.55. The molecule has 0 heterocycles. The Labute approximate surface area is 97.3 Å². The van der Waals surface area contributed by atoms with Gasteiger partial charge in [-0.05, 0) is 24.8 Å². The summed E-state index contributed by atoms with van der Waals surface area (Å²) < 4.78 is 8.70. The van der Waals surface area contributed by atoms with E-state index in [0.717, 1.165) is 13.1 Å². The minimum Gasteiger partial charge on any atom is -0.354 e. The molecule has 0 saturated heterocycles. The van der Waals surface area contributed by atoms with E-state index in [1.807, 2.05) is 9.80 Å². The molecule has 0 unspecified atom stereocenters. The van der Waals surface area contributed by atoms with Crippen LogP contribution in [0.25, 0.3) is 0 Å². The van der Waals surface area contributed by atoms with Crippen molar-refractivity contribution in [2.75, 3.05) is 13.1 Å². The standard InChI is InChI=1S/C10H16N2.HO3P/c1-5-11(6-2)9-10-12(7-3)8-4;1-4(2)3/h5-8H,1-4,9-10H2;(H-,1,2,3)/p+1. The van der Waals surface area contributed by atoms with Crippen molar-refractivity contribution in [1.82, 2.24) is 9.80 Å². The van der Waals surface area contributed by atoms with Gasteiger partial charge in [0, 0.05) is 17.7 Å². The van der Waals surface area contributed by atoms with Crippen molar-refractivity contribution in [3.05, 3.63) is 51.1 Å². The molecule has 6 heteroatoms. The SMILES string of the molecule is C=CN(C=C)CCN(C=C)C=C.O=[P+](O)O. The molecule has 0 aromatic heterocycles. The maximum absolute atomic E-state index is 8.70. The number of nitrogens with zero attached hydrogens (tertiary/aromatic N) is 2. The summed E-state index contributed by atoms with van der Waals surface area (Å²) in [5.74, 6) is 0. The zero-order valence-corrected chi connectivity index (χ0v) is 10.1. The summed E-state index contributed by atoms with van der Waals surface area (Å²) in [4.78, 5) is 18.0. The third-order valence-corrected chi connectivity index (χ3v) is 1.55. The second kappa shape index (κ2) is 11.7. The molecular weight excluding hydrogens is 227 g/mol. The van der Waals surface area contributed by atoms with Crippen LogP contribution in [0.5, 0.6) is 0 Å². The molecule has 0 radical (unpaired) electrons. The van der Waals surface area contributed by atoms with E-state index in [1.54, 1.807) is 24.8 Å². The second-order valence-electron chi connectivity index (χ2n) is 2.46. The summed E-state index contributed by atoms with van der Waals surface area (Å²) in [6, 6.07) is 0. The fraction of sp³-hybridized carbons (Fsp3) is 0.200. The van der Waals surface area contributed by atoms with Crippen LogP contribution in [0.15, 0.2) is 51.1 Å². The molecule has 16 heavy (non-hydrogen) atoms. The van der Waals surface area contributed by atoms with Gasteiger partial charge in [-0.3, -0.25) is 0 Å². The monoisotopic (exact) mass is 245 g/mol. The normalized spacial score (nSPS) is 7.88. The first-order chi connectivity index (χ1) is 7.51. The van der Waals surface area contributed by atoms with Gasteiger partial charge in [0.25, 0.3) is 0 Å². The highest BCUT2D eigenvalue weighted by atomic mass is 31.1. The quantitative estimate of drug-likeness (QED) is 0.669. The lowest BCUT2D eigenvalue weighted by atomic mass is 10.5.